The number of nitrogens with zero attached hydrogens (tertiary/aromatic N) is 2. The van der Waals surface area contributed by atoms with Crippen LogP contribution in [0, 0.1) is 0 Å². The summed E-state index contributed by atoms with van der Waals surface area (Å²) in [5.41, 5.74) is 7.17. The van der Waals surface area contributed by atoms with Crippen molar-refractivity contribution in [1.82, 2.24) is 9.97 Å². The lowest BCUT2D eigenvalue weighted by molar-refractivity contribution is 1.31. The van der Waals surface area contributed by atoms with E-state index in [9.17, 15) is 0 Å². The maximum Gasteiger partial charge on any atom is 0.124 e. The minimum absolute atomic E-state index is 0.520. The number of rotatable bonds is 0. The Bertz CT molecular complexity index is 386. The average Bonchev–Trinajstić information content (AvgIpc) is 2.05. The van der Waals surface area contributed by atoms with Gasteiger partial charge in [0.2, 0.25) is 0 Å². The largest absolute Gasteiger partial charge is 0.384 e. The molecule has 12 heavy (non-hydrogen) atoms. The van der Waals surface area contributed by atoms with Crippen molar-refractivity contribution in [1.29, 1.82) is 0 Å². The van der Waals surface area contributed by atoms with E-state index in [1.54, 1.807) is 6.07 Å². The SMILES string of the molecule is Nc1ccc2nc(Br)ccc2n1. The molecule has 2 heterocycles. The lowest BCUT2D eigenvalue weighted by Gasteiger charge is -1.97. The molecule has 2 N–H and O–H groups in total. The van der Waals surface area contributed by atoms with Crippen LogP contribution in [0.25, 0.3) is 11.0 Å². The number of nitrogens with two attached hydrogens (primary N) is 1. The zero-order valence-corrected chi connectivity index (χ0v) is 7.75. The quantitative estimate of drug-likeness (QED) is 0.696. The van der Waals surface area contributed by atoms with Crippen LogP contribution in [0.1, 0.15) is 0 Å². The Balaban J connectivity index is 2.79. The monoisotopic (exact) mass is 223 g/mol. The molecule has 3 nitrogen and oxygen atoms in total. The summed E-state index contributed by atoms with van der Waals surface area (Å²) in [4.78, 5) is 8.33. The Morgan fingerprint density at radius 3 is 2.50 bits per heavy atom. The van der Waals surface area contributed by atoms with Gasteiger partial charge in [0.15, 0.2) is 0 Å². The third-order valence-electron chi connectivity index (χ3n) is 1.53. The molecular weight excluding hydrogens is 218 g/mol. The third-order valence-corrected chi connectivity index (χ3v) is 1.97. The van der Waals surface area contributed by atoms with Crippen molar-refractivity contribution in [3.8, 4) is 0 Å². The van der Waals surface area contributed by atoms with Crippen molar-refractivity contribution in [3.05, 3.63) is 28.9 Å². The van der Waals surface area contributed by atoms with Gasteiger partial charge in [0, 0.05) is 0 Å². The van der Waals surface area contributed by atoms with Gasteiger partial charge >= 0.3 is 0 Å². The molecule has 0 bridgehead atoms. The van der Waals surface area contributed by atoms with Crippen LogP contribution in [0.4, 0.5) is 5.82 Å². The fraction of sp³-hybridized carbons (Fsp3) is 0. The Kier molecular flexibility index (Phi) is 1.69. The van der Waals surface area contributed by atoms with Crippen molar-refractivity contribution < 1.29 is 0 Å². The van der Waals surface area contributed by atoms with Gasteiger partial charge in [0.25, 0.3) is 0 Å². The molecule has 0 saturated carbocycles. The van der Waals surface area contributed by atoms with Crippen molar-refractivity contribution >= 4 is 32.8 Å². The van der Waals surface area contributed by atoms with E-state index in [-0.39, 0.29) is 0 Å². The van der Waals surface area contributed by atoms with Gasteiger partial charge < -0.3 is 5.73 Å². The smallest absolute Gasteiger partial charge is 0.124 e. The van der Waals surface area contributed by atoms with E-state index >= 15 is 0 Å². The summed E-state index contributed by atoms with van der Waals surface area (Å²) in [5, 5.41) is 0. The molecule has 60 valence electrons. The molecule has 0 radical (unpaired) electrons. The van der Waals surface area contributed by atoms with Crippen LogP contribution < -0.4 is 5.73 Å². The molecule has 2 aromatic heterocycles. The summed E-state index contributed by atoms with van der Waals surface area (Å²) in [7, 11) is 0. The molecule has 0 aromatic carbocycles. The molecule has 0 unspecified atom stereocenters. The summed E-state index contributed by atoms with van der Waals surface area (Å²) in [6, 6.07) is 7.31. The van der Waals surface area contributed by atoms with E-state index in [0.29, 0.717) is 5.82 Å². The topological polar surface area (TPSA) is 51.8 Å². The van der Waals surface area contributed by atoms with E-state index in [4.69, 9.17) is 5.73 Å². The van der Waals surface area contributed by atoms with E-state index in [1.807, 2.05) is 18.2 Å². The van der Waals surface area contributed by atoms with E-state index < -0.39 is 0 Å². The van der Waals surface area contributed by atoms with E-state index in [0.717, 1.165) is 15.6 Å². The van der Waals surface area contributed by atoms with Crippen LogP contribution in [-0.2, 0) is 0 Å². The number of pyridine rings is 2. The normalized spacial score (nSPS) is 10.4. The standard InChI is InChI=1S/C8H6BrN3/c9-7-3-1-6-5(11-7)2-4-8(10)12-6/h1-4H,(H2,10,12). The minimum atomic E-state index is 0.520. The molecule has 0 fully saturated rings. The van der Waals surface area contributed by atoms with E-state index in [2.05, 4.69) is 25.9 Å². The molecule has 0 aliphatic rings. The Morgan fingerprint density at radius 1 is 1.00 bits per heavy atom. The molecule has 2 rings (SSSR count). The molecule has 2 aromatic rings. The Hall–Kier alpha value is -1.16. The van der Waals surface area contributed by atoms with Gasteiger partial charge in [-0.05, 0) is 40.2 Å². The zero-order chi connectivity index (χ0) is 8.55. The zero-order valence-electron chi connectivity index (χ0n) is 6.16. The van der Waals surface area contributed by atoms with Crippen molar-refractivity contribution in [2.45, 2.75) is 0 Å². The fourth-order valence-corrected chi connectivity index (χ4v) is 1.32. The molecule has 0 atom stereocenters. The molecule has 0 amide bonds. The number of fused-ring (bicyclic) bond motifs is 1. The number of hydrogen-bond acceptors (Lipinski definition) is 3. The van der Waals surface area contributed by atoms with Crippen LogP contribution in [-0.4, -0.2) is 9.97 Å². The lowest BCUT2D eigenvalue weighted by Crippen LogP contribution is -1.90. The summed E-state index contributed by atoms with van der Waals surface area (Å²) in [5.74, 6) is 0.520. The molecule has 4 heteroatoms. The van der Waals surface area contributed by atoms with Crippen LogP contribution in [0.2, 0.25) is 0 Å². The first kappa shape index (κ1) is 7.49. The first-order valence-corrected chi connectivity index (χ1v) is 4.24. The van der Waals surface area contributed by atoms with Crippen LogP contribution >= 0.6 is 15.9 Å². The molecular formula is C8H6BrN3. The maximum atomic E-state index is 5.51. The minimum Gasteiger partial charge on any atom is -0.384 e. The van der Waals surface area contributed by atoms with Gasteiger partial charge in [-0.1, -0.05) is 0 Å². The number of anilines is 1. The Morgan fingerprint density at radius 2 is 1.67 bits per heavy atom. The second-order valence-electron chi connectivity index (χ2n) is 2.41. The van der Waals surface area contributed by atoms with Crippen LogP contribution in [0.5, 0.6) is 0 Å². The highest BCUT2D eigenvalue weighted by atomic mass is 79.9. The Labute approximate surface area is 77.8 Å². The lowest BCUT2D eigenvalue weighted by atomic mass is 10.3. The number of nitrogen functional groups attached to an aromatic ring is 1. The van der Waals surface area contributed by atoms with Crippen LogP contribution in [0.15, 0.2) is 28.9 Å². The number of halogens is 1. The second-order valence-corrected chi connectivity index (χ2v) is 3.22. The van der Waals surface area contributed by atoms with Gasteiger partial charge in [-0.2, -0.15) is 0 Å². The van der Waals surface area contributed by atoms with Crippen molar-refractivity contribution in [2.75, 3.05) is 5.73 Å². The van der Waals surface area contributed by atoms with Crippen molar-refractivity contribution in [2.24, 2.45) is 0 Å². The molecule has 0 spiro atoms. The highest BCUT2D eigenvalue weighted by Crippen LogP contribution is 2.14. The summed E-state index contributed by atoms with van der Waals surface area (Å²) in [6.07, 6.45) is 0. The first-order valence-electron chi connectivity index (χ1n) is 3.44. The van der Waals surface area contributed by atoms with Crippen molar-refractivity contribution in [3.63, 3.8) is 0 Å². The summed E-state index contributed by atoms with van der Waals surface area (Å²) >= 11 is 3.28. The van der Waals surface area contributed by atoms with Gasteiger partial charge in [0.05, 0.1) is 11.0 Å². The van der Waals surface area contributed by atoms with Gasteiger partial charge in [-0.3, -0.25) is 0 Å². The average molecular weight is 224 g/mol. The summed E-state index contributed by atoms with van der Waals surface area (Å²) in [6.45, 7) is 0. The van der Waals surface area contributed by atoms with E-state index in [1.165, 1.54) is 0 Å². The molecule has 0 aliphatic heterocycles. The fourth-order valence-electron chi connectivity index (χ4n) is 1.00. The predicted molar refractivity (Wildman–Crippen MR) is 51.7 cm³/mol. The number of aromatic nitrogens is 2. The molecule has 0 saturated heterocycles. The maximum absolute atomic E-state index is 5.51. The number of hydrogen-bond donors (Lipinski definition) is 1. The highest BCUT2D eigenvalue weighted by molar-refractivity contribution is 9.10. The molecule has 0 aliphatic carbocycles. The predicted octanol–water partition coefficient (Wildman–Crippen LogP) is 1.97. The second kappa shape index (κ2) is 2.71. The highest BCUT2D eigenvalue weighted by Gasteiger charge is 1.96. The first-order chi connectivity index (χ1) is 5.75. The van der Waals surface area contributed by atoms with Gasteiger partial charge in [-0.25, -0.2) is 9.97 Å². The van der Waals surface area contributed by atoms with Crippen LogP contribution in [0.3, 0.4) is 0 Å². The van der Waals surface area contributed by atoms with Gasteiger partial charge in [-0.15, -0.1) is 0 Å². The summed E-state index contributed by atoms with van der Waals surface area (Å²) < 4.78 is 0.807. The van der Waals surface area contributed by atoms with Gasteiger partial charge in [0.1, 0.15) is 10.4 Å². The third kappa shape index (κ3) is 1.25.